The average molecular weight is 263 g/mol. The molecule has 0 aliphatic heterocycles. The summed E-state index contributed by atoms with van der Waals surface area (Å²) < 4.78 is 5.57. The number of benzene rings is 1. The standard InChI is InChI=1S/C15H21NO3/c1-10(2)19-13-7-3-11(4-8-13)9-16-14(15(17)18)12-5-6-12/h3-4,7-8,10,12,14,16H,5-6,9H2,1-2H3,(H,17,18). The summed E-state index contributed by atoms with van der Waals surface area (Å²) in [6.07, 6.45) is 2.20. The molecular formula is C15H21NO3. The molecule has 1 aliphatic carbocycles. The van der Waals surface area contributed by atoms with Crippen molar-refractivity contribution in [3.05, 3.63) is 29.8 Å². The molecule has 0 bridgehead atoms. The third kappa shape index (κ3) is 4.24. The minimum atomic E-state index is -0.748. The smallest absolute Gasteiger partial charge is 0.320 e. The second-order valence-corrected chi connectivity index (χ2v) is 5.34. The maximum Gasteiger partial charge on any atom is 0.320 e. The first-order valence-corrected chi connectivity index (χ1v) is 6.78. The van der Waals surface area contributed by atoms with Gasteiger partial charge in [-0.2, -0.15) is 0 Å². The van der Waals surface area contributed by atoms with Gasteiger partial charge in [0, 0.05) is 6.54 Å². The van der Waals surface area contributed by atoms with E-state index in [0.717, 1.165) is 24.2 Å². The van der Waals surface area contributed by atoms with Crippen molar-refractivity contribution in [3.8, 4) is 5.75 Å². The number of rotatable bonds is 7. The number of aliphatic carboxylic acids is 1. The molecule has 19 heavy (non-hydrogen) atoms. The molecule has 2 N–H and O–H groups in total. The Labute approximate surface area is 113 Å². The predicted octanol–water partition coefficient (Wildman–Crippen LogP) is 2.43. The fourth-order valence-corrected chi connectivity index (χ4v) is 2.07. The molecule has 1 aromatic carbocycles. The van der Waals surface area contributed by atoms with E-state index in [1.807, 2.05) is 38.1 Å². The van der Waals surface area contributed by atoms with E-state index >= 15 is 0 Å². The van der Waals surface area contributed by atoms with Crippen molar-refractivity contribution in [2.24, 2.45) is 5.92 Å². The van der Waals surface area contributed by atoms with E-state index in [2.05, 4.69) is 5.32 Å². The number of hydrogen-bond donors (Lipinski definition) is 2. The molecular weight excluding hydrogens is 242 g/mol. The highest BCUT2D eigenvalue weighted by Gasteiger charge is 2.35. The third-order valence-electron chi connectivity index (χ3n) is 3.18. The fourth-order valence-electron chi connectivity index (χ4n) is 2.07. The molecule has 0 spiro atoms. The van der Waals surface area contributed by atoms with E-state index in [9.17, 15) is 4.79 Å². The molecule has 0 aromatic heterocycles. The Morgan fingerprint density at radius 3 is 2.47 bits per heavy atom. The minimum Gasteiger partial charge on any atom is -0.491 e. The van der Waals surface area contributed by atoms with E-state index in [-0.39, 0.29) is 6.10 Å². The topological polar surface area (TPSA) is 58.6 Å². The van der Waals surface area contributed by atoms with Crippen molar-refractivity contribution >= 4 is 5.97 Å². The molecule has 1 aromatic rings. The van der Waals surface area contributed by atoms with Crippen molar-refractivity contribution in [2.75, 3.05) is 0 Å². The first-order chi connectivity index (χ1) is 9.06. The Kier molecular flexibility index (Phi) is 4.43. The largest absolute Gasteiger partial charge is 0.491 e. The summed E-state index contributed by atoms with van der Waals surface area (Å²) in [5.74, 6) is 0.402. The van der Waals surface area contributed by atoms with Crippen LogP contribution in [0.25, 0.3) is 0 Å². The molecule has 4 nitrogen and oxygen atoms in total. The molecule has 0 amide bonds. The summed E-state index contributed by atoms with van der Waals surface area (Å²) in [5, 5.41) is 12.2. The molecule has 4 heteroatoms. The highest BCUT2D eigenvalue weighted by molar-refractivity contribution is 5.74. The third-order valence-corrected chi connectivity index (χ3v) is 3.18. The quantitative estimate of drug-likeness (QED) is 0.793. The highest BCUT2D eigenvalue weighted by Crippen LogP contribution is 2.32. The van der Waals surface area contributed by atoms with E-state index < -0.39 is 12.0 Å². The van der Waals surface area contributed by atoms with E-state index in [4.69, 9.17) is 9.84 Å². The lowest BCUT2D eigenvalue weighted by molar-refractivity contribution is -0.140. The summed E-state index contributed by atoms with van der Waals surface area (Å²) >= 11 is 0. The molecule has 1 unspecified atom stereocenters. The van der Waals surface area contributed by atoms with Gasteiger partial charge in [0.15, 0.2) is 0 Å². The van der Waals surface area contributed by atoms with Crippen LogP contribution in [0.3, 0.4) is 0 Å². The van der Waals surface area contributed by atoms with E-state index in [1.54, 1.807) is 0 Å². The van der Waals surface area contributed by atoms with Gasteiger partial charge in [-0.3, -0.25) is 4.79 Å². The van der Waals surface area contributed by atoms with Crippen LogP contribution in [0.2, 0.25) is 0 Å². The first kappa shape index (κ1) is 13.9. The van der Waals surface area contributed by atoms with Crippen LogP contribution in [0.1, 0.15) is 32.3 Å². The Balaban J connectivity index is 1.86. The van der Waals surface area contributed by atoms with Crippen LogP contribution in [-0.4, -0.2) is 23.2 Å². The lowest BCUT2D eigenvalue weighted by Gasteiger charge is -2.14. The van der Waals surface area contributed by atoms with Gasteiger partial charge in [0.25, 0.3) is 0 Å². The SMILES string of the molecule is CC(C)Oc1ccc(CNC(C(=O)O)C2CC2)cc1. The zero-order chi connectivity index (χ0) is 13.8. The molecule has 104 valence electrons. The van der Waals surface area contributed by atoms with E-state index in [0.29, 0.717) is 12.5 Å². The zero-order valence-electron chi connectivity index (χ0n) is 11.4. The maximum absolute atomic E-state index is 11.1. The van der Waals surface area contributed by atoms with Crippen LogP contribution in [0, 0.1) is 5.92 Å². The van der Waals surface area contributed by atoms with Gasteiger partial charge in [-0.05, 0) is 50.3 Å². The Morgan fingerprint density at radius 2 is 2.00 bits per heavy atom. The highest BCUT2D eigenvalue weighted by atomic mass is 16.5. The van der Waals surface area contributed by atoms with Crippen LogP contribution in [0.5, 0.6) is 5.75 Å². The normalized spacial score (nSPS) is 16.4. The van der Waals surface area contributed by atoms with Crippen molar-refractivity contribution in [2.45, 2.75) is 45.4 Å². The molecule has 0 heterocycles. The number of hydrogen-bond acceptors (Lipinski definition) is 3. The molecule has 1 aliphatic rings. The van der Waals surface area contributed by atoms with Crippen LogP contribution in [-0.2, 0) is 11.3 Å². The van der Waals surface area contributed by atoms with Crippen molar-refractivity contribution in [3.63, 3.8) is 0 Å². The summed E-state index contributed by atoms with van der Waals surface area (Å²) in [7, 11) is 0. The van der Waals surface area contributed by atoms with Gasteiger partial charge in [0.1, 0.15) is 11.8 Å². The molecule has 1 atom stereocenters. The monoisotopic (exact) mass is 263 g/mol. The van der Waals surface area contributed by atoms with Gasteiger partial charge < -0.3 is 15.2 Å². The van der Waals surface area contributed by atoms with Crippen molar-refractivity contribution in [1.82, 2.24) is 5.32 Å². The summed E-state index contributed by atoms with van der Waals surface area (Å²) in [6, 6.07) is 7.37. The Morgan fingerprint density at radius 1 is 1.37 bits per heavy atom. The second kappa shape index (κ2) is 6.06. The molecule has 2 rings (SSSR count). The Hall–Kier alpha value is -1.55. The van der Waals surface area contributed by atoms with Gasteiger partial charge in [0.2, 0.25) is 0 Å². The van der Waals surface area contributed by atoms with Crippen LogP contribution < -0.4 is 10.1 Å². The average Bonchev–Trinajstić information content (AvgIpc) is 3.15. The summed E-state index contributed by atoms with van der Waals surface area (Å²) in [4.78, 5) is 11.1. The van der Waals surface area contributed by atoms with Gasteiger partial charge in [-0.15, -0.1) is 0 Å². The molecule has 1 saturated carbocycles. The summed E-state index contributed by atoms with van der Waals surface area (Å²) in [5.41, 5.74) is 1.07. The molecule has 1 fully saturated rings. The summed E-state index contributed by atoms with van der Waals surface area (Å²) in [6.45, 7) is 4.56. The predicted molar refractivity (Wildman–Crippen MR) is 73.2 cm³/mol. The van der Waals surface area contributed by atoms with Crippen molar-refractivity contribution in [1.29, 1.82) is 0 Å². The molecule has 0 saturated heterocycles. The molecule has 0 radical (unpaired) electrons. The number of nitrogens with one attached hydrogen (secondary N) is 1. The van der Waals surface area contributed by atoms with E-state index in [1.165, 1.54) is 0 Å². The van der Waals surface area contributed by atoms with Gasteiger partial charge in [-0.1, -0.05) is 12.1 Å². The lowest BCUT2D eigenvalue weighted by Crippen LogP contribution is -2.38. The zero-order valence-corrected chi connectivity index (χ0v) is 11.4. The van der Waals surface area contributed by atoms with Gasteiger partial charge in [-0.25, -0.2) is 0 Å². The lowest BCUT2D eigenvalue weighted by atomic mass is 10.1. The second-order valence-electron chi connectivity index (χ2n) is 5.34. The number of carboxylic acid groups (broad SMARTS) is 1. The van der Waals surface area contributed by atoms with Crippen LogP contribution in [0.15, 0.2) is 24.3 Å². The van der Waals surface area contributed by atoms with Crippen molar-refractivity contribution < 1.29 is 14.6 Å². The van der Waals surface area contributed by atoms with Gasteiger partial charge >= 0.3 is 5.97 Å². The van der Waals surface area contributed by atoms with Crippen LogP contribution >= 0.6 is 0 Å². The Bertz CT molecular complexity index is 424. The number of ether oxygens (including phenoxy) is 1. The van der Waals surface area contributed by atoms with Gasteiger partial charge in [0.05, 0.1) is 6.10 Å². The number of carbonyl (C=O) groups is 1. The first-order valence-electron chi connectivity index (χ1n) is 6.78. The maximum atomic E-state index is 11.1. The number of carboxylic acids is 1. The van der Waals surface area contributed by atoms with Crippen LogP contribution in [0.4, 0.5) is 0 Å². The fraction of sp³-hybridized carbons (Fsp3) is 0.533. The minimum absolute atomic E-state index is 0.162.